The average Bonchev–Trinajstić information content (AvgIpc) is 3.36. The van der Waals surface area contributed by atoms with E-state index in [2.05, 4.69) is 90.1 Å². The Morgan fingerprint density at radius 3 is 2.12 bits per heavy atom. The zero-order chi connectivity index (χ0) is 22.9. The van der Waals surface area contributed by atoms with E-state index >= 15 is 0 Å². The van der Waals surface area contributed by atoms with Crippen LogP contribution in [0.4, 0.5) is 0 Å². The molecule has 3 aromatic heterocycles. The largest absolute Gasteiger partial charge is 0.307 e. The van der Waals surface area contributed by atoms with E-state index in [1.165, 1.54) is 27.6 Å². The van der Waals surface area contributed by atoms with Gasteiger partial charge in [-0.25, -0.2) is 0 Å². The zero-order valence-corrected chi connectivity index (χ0v) is 22.2. The van der Waals surface area contributed by atoms with Gasteiger partial charge < -0.3 is 4.57 Å². The topological polar surface area (TPSA) is 48.0 Å². The van der Waals surface area contributed by atoms with Gasteiger partial charge in [-0.15, -0.1) is 16.3 Å². The van der Waals surface area contributed by atoms with Crippen LogP contribution in [0.15, 0.2) is 54.6 Å². The van der Waals surface area contributed by atoms with Crippen molar-refractivity contribution in [3.05, 3.63) is 89.0 Å². The van der Waals surface area contributed by atoms with Crippen LogP contribution < -0.4 is 0 Å². The summed E-state index contributed by atoms with van der Waals surface area (Å²) in [7, 11) is 0. The molecule has 0 N–H and O–H groups in total. The third-order valence-corrected chi connectivity index (χ3v) is 6.51. The first-order valence-corrected chi connectivity index (χ1v) is 11.2. The molecule has 1 radical (unpaired) electrons. The summed E-state index contributed by atoms with van der Waals surface area (Å²) in [4.78, 5) is 0. The summed E-state index contributed by atoms with van der Waals surface area (Å²) < 4.78 is 4.15. The Labute approximate surface area is 211 Å². The van der Waals surface area contributed by atoms with Crippen molar-refractivity contribution in [2.24, 2.45) is 0 Å². The number of aryl methyl sites for hydroxylation is 5. The number of fused-ring (bicyclic) bond motifs is 6. The van der Waals surface area contributed by atoms with Crippen LogP contribution in [0, 0.1) is 40.7 Å². The number of hydrogen-bond acceptors (Lipinski definition) is 3. The maximum absolute atomic E-state index is 5.12. The first-order valence-electron chi connectivity index (χ1n) is 11.2. The van der Waals surface area contributed by atoms with Crippen LogP contribution in [0.2, 0.25) is 0 Å². The second kappa shape index (κ2) is 8.15. The molecule has 3 aromatic carbocycles. The second-order valence-electron chi connectivity index (χ2n) is 8.86. The van der Waals surface area contributed by atoms with Crippen molar-refractivity contribution in [2.75, 3.05) is 0 Å². The standard InChI is InChI=1S/C28H24N5.Ir/c1-16-13-17(2)27(18(3)14-16)23-15-26-21-9-6-7-10-22(21)28-24(32-19(4)29-30-20(32)5)11-8-12-25(28)33(26)31-23;/h6-11,13-15H,1-5H3;/q-1;. The molecule has 0 atom stereocenters. The number of rotatable bonds is 2. The van der Waals surface area contributed by atoms with Crippen LogP contribution in [0.5, 0.6) is 0 Å². The molecule has 34 heavy (non-hydrogen) atoms. The molecule has 0 amide bonds. The van der Waals surface area contributed by atoms with E-state index in [0.29, 0.717) is 0 Å². The van der Waals surface area contributed by atoms with Gasteiger partial charge in [0.05, 0.1) is 11.2 Å². The molecule has 0 aliphatic carbocycles. The van der Waals surface area contributed by atoms with E-state index in [1.807, 2.05) is 24.4 Å². The Balaban J connectivity index is 0.00000241. The summed E-state index contributed by atoms with van der Waals surface area (Å²) in [6.45, 7) is 10.4. The van der Waals surface area contributed by atoms with Crippen LogP contribution in [0.3, 0.4) is 0 Å². The molecule has 171 valence electrons. The van der Waals surface area contributed by atoms with Crippen molar-refractivity contribution in [1.82, 2.24) is 24.4 Å². The summed E-state index contributed by atoms with van der Waals surface area (Å²) in [5.41, 5.74) is 9.00. The Morgan fingerprint density at radius 2 is 1.44 bits per heavy atom. The van der Waals surface area contributed by atoms with Crippen molar-refractivity contribution in [3.8, 4) is 16.9 Å². The minimum atomic E-state index is 0. The number of nitrogens with zero attached hydrogens (tertiary/aromatic N) is 5. The molecule has 6 aromatic rings. The molecular weight excluding hydrogens is 599 g/mol. The van der Waals surface area contributed by atoms with Gasteiger partial charge in [0, 0.05) is 25.7 Å². The van der Waals surface area contributed by atoms with E-state index in [4.69, 9.17) is 5.10 Å². The third-order valence-electron chi connectivity index (χ3n) is 6.51. The molecule has 0 spiro atoms. The molecule has 0 saturated heterocycles. The van der Waals surface area contributed by atoms with Crippen molar-refractivity contribution < 1.29 is 20.1 Å². The summed E-state index contributed by atoms with van der Waals surface area (Å²) in [5.74, 6) is 1.72. The molecule has 0 bridgehead atoms. The molecule has 0 saturated carbocycles. The van der Waals surface area contributed by atoms with Crippen molar-refractivity contribution in [3.63, 3.8) is 0 Å². The summed E-state index contributed by atoms with van der Waals surface area (Å²) in [6, 6.07) is 22.7. The average molecular weight is 623 g/mol. The Hall–Kier alpha value is -3.34. The van der Waals surface area contributed by atoms with Gasteiger partial charge in [0.15, 0.2) is 0 Å². The Morgan fingerprint density at radius 1 is 0.794 bits per heavy atom. The monoisotopic (exact) mass is 623 g/mol. The van der Waals surface area contributed by atoms with Crippen LogP contribution in [-0.2, 0) is 20.1 Å². The van der Waals surface area contributed by atoms with E-state index in [-0.39, 0.29) is 20.1 Å². The molecule has 0 aliphatic rings. The predicted octanol–water partition coefficient (Wildman–Crippen LogP) is 6.23. The first-order chi connectivity index (χ1) is 15.9. The van der Waals surface area contributed by atoms with Gasteiger partial charge in [0.1, 0.15) is 11.6 Å². The molecule has 0 aliphatic heterocycles. The predicted molar refractivity (Wildman–Crippen MR) is 133 cm³/mol. The summed E-state index contributed by atoms with van der Waals surface area (Å²) in [6.07, 6.45) is 0. The van der Waals surface area contributed by atoms with Gasteiger partial charge >= 0.3 is 0 Å². The first kappa shape index (κ1) is 22.5. The number of benzene rings is 3. The van der Waals surface area contributed by atoms with Gasteiger partial charge in [-0.3, -0.25) is 4.52 Å². The number of aromatic nitrogens is 5. The summed E-state index contributed by atoms with van der Waals surface area (Å²) >= 11 is 0. The molecule has 6 rings (SSSR count). The summed E-state index contributed by atoms with van der Waals surface area (Å²) in [5, 5.41) is 17.1. The van der Waals surface area contributed by atoms with E-state index in [0.717, 1.165) is 44.8 Å². The maximum atomic E-state index is 5.12. The van der Waals surface area contributed by atoms with Gasteiger partial charge in [0.25, 0.3) is 0 Å². The molecule has 0 fully saturated rings. The van der Waals surface area contributed by atoms with Crippen molar-refractivity contribution in [2.45, 2.75) is 34.6 Å². The van der Waals surface area contributed by atoms with Crippen molar-refractivity contribution in [1.29, 1.82) is 0 Å². The smallest absolute Gasteiger partial charge is 0.132 e. The van der Waals surface area contributed by atoms with Crippen LogP contribution in [0.25, 0.3) is 44.1 Å². The van der Waals surface area contributed by atoms with E-state index < -0.39 is 0 Å². The zero-order valence-electron chi connectivity index (χ0n) is 19.8. The maximum Gasteiger partial charge on any atom is 0.132 e. The molecule has 5 nitrogen and oxygen atoms in total. The Kier molecular flexibility index (Phi) is 5.38. The minimum Gasteiger partial charge on any atom is -0.307 e. The Bertz CT molecular complexity index is 1680. The third kappa shape index (κ3) is 3.21. The SMILES string of the molecule is Cc1cc(C)c(-c2cc3c4ccccc4c4c(-n5c(C)nnc5C)cc[c-]c4n3n2)c(C)c1.[Ir]. The molecular formula is C28H24IrN5-. The number of pyridine rings is 1. The number of hydrogen-bond donors (Lipinski definition) is 0. The molecule has 0 unspecified atom stereocenters. The van der Waals surface area contributed by atoms with Crippen LogP contribution >= 0.6 is 0 Å². The van der Waals surface area contributed by atoms with Crippen LogP contribution in [-0.4, -0.2) is 24.4 Å². The van der Waals surface area contributed by atoms with Gasteiger partial charge in [-0.1, -0.05) is 58.4 Å². The van der Waals surface area contributed by atoms with Crippen molar-refractivity contribution >= 4 is 27.2 Å². The molecule has 6 heteroatoms. The molecule has 3 heterocycles. The fourth-order valence-electron chi connectivity index (χ4n) is 5.29. The fourth-order valence-corrected chi connectivity index (χ4v) is 5.29. The quantitative estimate of drug-likeness (QED) is 0.170. The van der Waals surface area contributed by atoms with Gasteiger partial charge in [-0.05, 0) is 62.7 Å². The van der Waals surface area contributed by atoms with Gasteiger partial charge in [-0.2, -0.15) is 17.2 Å². The van der Waals surface area contributed by atoms with Gasteiger partial charge in [0.2, 0.25) is 0 Å². The second-order valence-corrected chi connectivity index (χ2v) is 8.86. The fraction of sp³-hybridized carbons (Fsp3) is 0.179. The minimum absolute atomic E-state index is 0. The van der Waals surface area contributed by atoms with Crippen LogP contribution in [0.1, 0.15) is 28.3 Å². The van der Waals surface area contributed by atoms with E-state index in [1.54, 1.807) is 0 Å². The van der Waals surface area contributed by atoms with E-state index in [9.17, 15) is 0 Å². The normalized spacial score (nSPS) is 11.4.